The van der Waals surface area contributed by atoms with Crippen LogP contribution in [0.15, 0.2) is 11.0 Å². The number of nitrogens with zero attached hydrogens (tertiary/aromatic N) is 4. The van der Waals surface area contributed by atoms with Crippen LogP contribution >= 0.6 is 0 Å². The van der Waals surface area contributed by atoms with Gasteiger partial charge in [-0.1, -0.05) is 0 Å². The molecule has 23 heavy (non-hydrogen) atoms. The predicted octanol–water partition coefficient (Wildman–Crippen LogP) is 0.432. The van der Waals surface area contributed by atoms with Crippen molar-refractivity contribution in [1.82, 2.24) is 24.6 Å². The quantitative estimate of drug-likeness (QED) is 0.822. The minimum absolute atomic E-state index is 0.101. The number of rotatable bonds is 4. The Hall–Kier alpha value is -2.22. The van der Waals surface area contributed by atoms with Gasteiger partial charge in [0.25, 0.3) is 5.56 Å². The van der Waals surface area contributed by atoms with Crippen LogP contribution in [0.25, 0.3) is 11.0 Å². The minimum atomic E-state index is -0.183. The zero-order valence-electron chi connectivity index (χ0n) is 13.4. The summed E-state index contributed by atoms with van der Waals surface area (Å²) in [5, 5.41) is 4.55. The van der Waals surface area contributed by atoms with Gasteiger partial charge in [-0.15, -0.1) is 0 Å². The summed E-state index contributed by atoms with van der Waals surface area (Å²) in [6.45, 7) is 4.24. The van der Waals surface area contributed by atoms with Crippen LogP contribution in [0.5, 0.6) is 0 Å². The van der Waals surface area contributed by atoms with Crippen molar-refractivity contribution in [2.45, 2.75) is 26.3 Å². The van der Waals surface area contributed by atoms with Crippen LogP contribution in [0.1, 0.15) is 25.6 Å². The zero-order valence-corrected chi connectivity index (χ0v) is 13.4. The highest BCUT2D eigenvalue weighted by atomic mass is 16.5. The lowest BCUT2D eigenvalue weighted by Gasteiger charge is -2.30. The van der Waals surface area contributed by atoms with Gasteiger partial charge in [-0.05, 0) is 26.3 Å². The fourth-order valence-electron chi connectivity index (χ4n) is 3.02. The van der Waals surface area contributed by atoms with E-state index in [9.17, 15) is 9.59 Å². The molecule has 0 spiro atoms. The molecule has 3 rings (SSSR count). The Kier molecular flexibility index (Phi) is 4.42. The number of fused-ring (bicyclic) bond motifs is 1. The lowest BCUT2D eigenvalue weighted by molar-refractivity contribution is -0.150. The number of ether oxygens (including phenoxy) is 1. The van der Waals surface area contributed by atoms with Gasteiger partial charge in [-0.3, -0.25) is 19.2 Å². The van der Waals surface area contributed by atoms with Gasteiger partial charge in [0.15, 0.2) is 5.65 Å². The molecule has 1 N–H and O–H groups in total. The second-order valence-corrected chi connectivity index (χ2v) is 5.84. The van der Waals surface area contributed by atoms with Crippen molar-refractivity contribution in [3.63, 3.8) is 0 Å². The van der Waals surface area contributed by atoms with E-state index in [2.05, 4.69) is 20.0 Å². The number of H-pyrrole nitrogens is 1. The van der Waals surface area contributed by atoms with Crippen LogP contribution in [-0.4, -0.2) is 50.3 Å². The molecule has 1 atom stereocenters. The van der Waals surface area contributed by atoms with Gasteiger partial charge < -0.3 is 9.72 Å². The van der Waals surface area contributed by atoms with Crippen molar-refractivity contribution >= 4 is 17.0 Å². The Bertz CT molecular complexity index is 766. The number of carbonyl (C=O) groups is 1. The monoisotopic (exact) mass is 319 g/mol. The fraction of sp³-hybridized carbons (Fsp3) is 0.600. The third-order valence-electron chi connectivity index (χ3n) is 4.15. The zero-order chi connectivity index (χ0) is 16.4. The van der Waals surface area contributed by atoms with E-state index in [1.807, 2.05) is 6.92 Å². The molecule has 0 radical (unpaired) electrons. The molecule has 1 unspecified atom stereocenters. The Labute approximate surface area is 133 Å². The van der Waals surface area contributed by atoms with Gasteiger partial charge in [0.2, 0.25) is 0 Å². The molecule has 124 valence electrons. The maximum absolute atomic E-state index is 12.1. The van der Waals surface area contributed by atoms with E-state index in [0.29, 0.717) is 36.6 Å². The Balaban J connectivity index is 1.75. The fourth-order valence-corrected chi connectivity index (χ4v) is 3.02. The highest BCUT2D eigenvalue weighted by Gasteiger charge is 2.27. The predicted molar refractivity (Wildman–Crippen MR) is 83.8 cm³/mol. The molecule has 8 heteroatoms. The molecule has 1 aliphatic heterocycles. The number of aromatic amines is 1. The second kappa shape index (κ2) is 6.49. The number of likely N-dealkylation sites (tertiary alicyclic amines) is 1. The highest BCUT2D eigenvalue weighted by Crippen LogP contribution is 2.19. The van der Waals surface area contributed by atoms with E-state index >= 15 is 0 Å². The molecule has 1 fully saturated rings. The van der Waals surface area contributed by atoms with E-state index in [0.717, 1.165) is 19.4 Å². The number of aromatic nitrogens is 4. The van der Waals surface area contributed by atoms with Gasteiger partial charge in [-0.2, -0.15) is 5.10 Å². The number of carbonyl (C=O) groups excluding carboxylic acids is 1. The summed E-state index contributed by atoms with van der Waals surface area (Å²) in [4.78, 5) is 33.4. The standard InChI is InChI=1S/C15H21N5O3/c1-3-23-15(22)10-5-4-6-20(8-10)9-12-17-13-11(14(21)18-12)7-16-19(13)2/h7,10H,3-6,8-9H2,1-2H3,(H,17,18,21). The molecule has 3 heterocycles. The van der Waals surface area contributed by atoms with Crippen LogP contribution in [0, 0.1) is 5.92 Å². The lowest BCUT2D eigenvalue weighted by Crippen LogP contribution is -2.39. The van der Waals surface area contributed by atoms with E-state index in [4.69, 9.17) is 4.74 Å². The molecule has 1 aliphatic rings. The maximum atomic E-state index is 12.1. The first kappa shape index (κ1) is 15.7. The summed E-state index contributed by atoms with van der Waals surface area (Å²) >= 11 is 0. The van der Waals surface area contributed by atoms with E-state index in [-0.39, 0.29) is 17.4 Å². The average molecular weight is 319 g/mol. The topological polar surface area (TPSA) is 93.1 Å². The van der Waals surface area contributed by atoms with Crippen molar-refractivity contribution in [3.05, 3.63) is 22.4 Å². The number of esters is 1. The summed E-state index contributed by atoms with van der Waals surface area (Å²) in [6, 6.07) is 0. The maximum Gasteiger partial charge on any atom is 0.310 e. The van der Waals surface area contributed by atoms with E-state index in [1.54, 1.807) is 11.7 Å². The summed E-state index contributed by atoms with van der Waals surface area (Å²) in [5.41, 5.74) is 0.389. The number of aryl methyl sites for hydroxylation is 1. The third-order valence-corrected chi connectivity index (χ3v) is 4.15. The third kappa shape index (κ3) is 3.26. The first-order valence-corrected chi connectivity index (χ1v) is 7.88. The van der Waals surface area contributed by atoms with Crippen molar-refractivity contribution in [3.8, 4) is 0 Å². The minimum Gasteiger partial charge on any atom is -0.466 e. The molecule has 0 amide bonds. The Morgan fingerprint density at radius 1 is 1.52 bits per heavy atom. The van der Waals surface area contributed by atoms with Crippen molar-refractivity contribution in [2.24, 2.45) is 13.0 Å². The largest absolute Gasteiger partial charge is 0.466 e. The molecule has 8 nitrogen and oxygen atoms in total. The van der Waals surface area contributed by atoms with E-state index in [1.165, 1.54) is 6.20 Å². The van der Waals surface area contributed by atoms with Gasteiger partial charge in [0, 0.05) is 13.6 Å². The normalized spacial score (nSPS) is 19.1. The van der Waals surface area contributed by atoms with Gasteiger partial charge in [0.05, 0.1) is 25.3 Å². The first-order valence-electron chi connectivity index (χ1n) is 7.88. The van der Waals surface area contributed by atoms with Gasteiger partial charge in [0.1, 0.15) is 11.2 Å². The van der Waals surface area contributed by atoms with Crippen molar-refractivity contribution in [1.29, 1.82) is 0 Å². The smallest absolute Gasteiger partial charge is 0.310 e. The molecular weight excluding hydrogens is 298 g/mol. The average Bonchev–Trinajstić information content (AvgIpc) is 2.90. The number of hydrogen-bond donors (Lipinski definition) is 1. The summed E-state index contributed by atoms with van der Waals surface area (Å²) < 4.78 is 6.70. The molecule has 0 aromatic carbocycles. The van der Waals surface area contributed by atoms with Gasteiger partial charge in [-0.25, -0.2) is 4.98 Å². The first-order chi connectivity index (χ1) is 11.1. The summed E-state index contributed by atoms with van der Waals surface area (Å²) in [5.74, 6) is 0.354. The summed E-state index contributed by atoms with van der Waals surface area (Å²) in [7, 11) is 1.76. The summed E-state index contributed by atoms with van der Waals surface area (Å²) in [6.07, 6.45) is 3.30. The van der Waals surface area contributed by atoms with Crippen LogP contribution < -0.4 is 5.56 Å². The number of nitrogens with one attached hydrogen (secondary N) is 1. The van der Waals surface area contributed by atoms with E-state index < -0.39 is 0 Å². The van der Waals surface area contributed by atoms with Crippen LogP contribution in [0.2, 0.25) is 0 Å². The molecule has 0 aliphatic carbocycles. The lowest BCUT2D eigenvalue weighted by atomic mass is 9.98. The van der Waals surface area contributed by atoms with Crippen LogP contribution in [0.3, 0.4) is 0 Å². The highest BCUT2D eigenvalue weighted by molar-refractivity contribution is 5.73. The molecule has 2 aromatic heterocycles. The molecule has 0 saturated carbocycles. The number of piperidine rings is 1. The van der Waals surface area contributed by atoms with Crippen LogP contribution in [0.4, 0.5) is 0 Å². The SMILES string of the molecule is CCOC(=O)C1CCCN(Cc2nc3c(cnn3C)c(=O)[nH]2)C1. The molecule has 1 saturated heterocycles. The number of hydrogen-bond acceptors (Lipinski definition) is 6. The van der Waals surface area contributed by atoms with Gasteiger partial charge >= 0.3 is 5.97 Å². The van der Waals surface area contributed by atoms with Crippen molar-refractivity contribution < 1.29 is 9.53 Å². The Morgan fingerprint density at radius 2 is 2.35 bits per heavy atom. The second-order valence-electron chi connectivity index (χ2n) is 5.84. The molecule has 0 bridgehead atoms. The van der Waals surface area contributed by atoms with Crippen molar-refractivity contribution in [2.75, 3.05) is 19.7 Å². The van der Waals surface area contributed by atoms with Crippen LogP contribution in [-0.2, 0) is 23.1 Å². The molecule has 2 aromatic rings. The Morgan fingerprint density at radius 3 is 3.13 bits per heavy atom. The molecular formula is C15H21N5O3.